The Morgan fingerprint density at radius 2 is 2.13 bits per heavy atom. The zero-order chi connectivity index (χ0) is 17.0. The molecule has 1 aromatic heterocycles. The van der Waals surface area contributed by atoms with Crippen LogP contribution < -0.4 is 4.72 Å². The SMILES string of the molecule is COC(=O)C(Cc1cccs1)NS(=O)(=O)c1cccc(Cl)c1O. The average molecular weight is 376 g/mol. The number of esters is 1. The number of hydrogen-bond acceptors (Lipinski definition) is 6. The summed E-state index contributed by atoms with van der Waals surface area (Å²) in [7, 11) is -2.98. The molecule has 0 amide bonds. The lowest BCUT2D eigenvalue weighted by Gasteiger charge is -2.16. The van der Waals surface area contributed by atoms with Gasteiger partial charge in [0.25, 0.3) is 0 Å². The lowest BCUT2D eigenvalue weighted by atomic mass is 10.2. The van der Waals surface area contributed by atoms with Crippen molar-refractivity contribution in [3.63, 3.8) is 0 Å². The van der Waals surface area contributed by atoms with Gasteiger partial charge in [0.15, 0.2) is 5.75 Å². The fourth-order valence-corrected chi connectivity index (χ4v) is 4.19. The van der Waals surface area contributed by atoms with E-state index in [-0.39, 0.29) is 11.4 Å². The van der Waals surface area contributed by atoms with E-state index in [1.165, 1.54) is 36.6 Å². The van der Waals surface area contributed by atoms with Crippen LogP contribution in [-0.4, -0.2) is 32.6 Å². The number of benzene rings is 1. The minimum Gasteiger partial charge on any atom is -0.505 e. The third-order valence-electron chi connectivity index (χ3n) is 3.01. The molecule has 9 heteroatoms. The van der Waals surface area contributed by atoms with Crippen molar-refractivity contribution in [3.05, 3.63) is 45.6 Å². The maximum atomic E-state index is 12.4. The Bertz CT molecular complexity index is 790. The molecule has 2 rings (SSSR count). The van der Waals surface area contributed by atoms with Crippen LogP contribution in [0.2, 0.25) is 5.02 Å². The summed E-state index contributed by atoms with van der Waals surface area (Å²) >= 11 is 7.12. The maximum absolute atomic E-state index is 12.4. The first-order chi connectivity index (χ1) is 10.8. The summed E-state index contributed by atoms with van der Waals surface area (Å²) in [5.74, 6) is -1.29. The smallest absolute Gasteiger partial charge is 0.324 e. The molecule has 0 aliphatic rings. The molecule has 124 valence electrons. The molecule has 6 nitrogen and oxygen atoms in total. The molecule has 1 heterocycles. The topological polar surface area (TPSA) is 92.7 Å². The van der Waals surface area contributed by atoms with Crippen LogP contribution in [0, 0.1) is 0 Å². The van der Waals surface area contributed by atoms with Gasteiger partial charge in [0, 0.05) is 11.3 Å². The predicted octanol–water partition coefficient (Wildman–Crippen LogP) is 2.17. The monoisotopic (exact) mass is 375 g/mol. The van der Waals surface area contributed by atoms with Gasteiger partial charge in [0.2, 0.25) is 10.0 Å². The van der Waals surface area contributed by atoms with E-state index >= 15 is 0 Å². The van der Waals surface area contributed by atoms with Gasteiger partial charge in [-0.3, -0.25) is 4.79 Å². The predicted molar refractivity (Wildman–Crippen MR) is 87.3 cm³/mol. The van der Waals surface area contributed by atoms with E-state index in [0.29, 0.717) is 0 Å². The van der Waals surface area contributed by atoms with Gasteiger partial charge in [-0.1, -0.05) is 23.7 Å². The van der Waals surface area contributed by atoms with Crippen LogP contribution in [-0.2, 0) is 26.0 Å². The van der Waals surface area contributed by atoms with Crippen LogP contribution in [0.15, 0.2) is 40.6 Å². The Morgan fingerprint density at radius 3 is 2.74 bits per heavy atom. The fraction of sp³-hybridized carbons (Fsp3) is 0.214. The zero-order valence-electron chi connectivity index (χ0n) is 12.0. The first-order valence-corrected chi connectivity index (χ1v) is 9.19. The lowest BCUT2D eigenvalue weighted by Crippen LogP contribution is -2.42. The number of ether oxygens (including phenoxy) is 1. The number of aromatic hydroxyl groups is 1. The van der Waals surface area contributed by atoms with Gasteiger partial charge in [0.05, 0.1) is 12.1 Å². The second-order valence-corrected chi connectivity index (χ2v) is 7.69. The van der Waals surface area contributed by atoms with Gasteiger partial charge >= 0.3 is 5.97 Å². The standard InChI is InChI=1S/C14H14ClNO5S2/c1-21-14(18)11(8-9-4-3-7-22-9)16-23(19,20)12-6-2-5-10(15)13(12)17/h2-7,11,16-17H,8H2,1H3. The summed E-state index contributed by atoms with van der Waals surface area (Å²) in [6, 6.07) is 6.42. The summed E-state index contributed by atoms with van der Waals surface area (Å²) < 4.78 is 31.8. The number of nitrogens with one attached hydrogen (secondary N) is 1. The van der Waals surface area contributed by atoms with Crippen molar-refractivity contribution >= 4 is 38.9 Å². The molecule has 0 saturated heterocycles. The number of para-hydroxylation sites is 1. The molecule has 23 heavy (non-hydrogen) atoms. The van der Waals surface area contributed by atoms with Gasteiger partial charge in [-0.05, 0) is 23.6 Å². The van der Waals surface area contributed by atoms with Crippen LogP contribution in [0.4, 0.5) is 0 Å². The van der Waals surface area contributed by atoms with Crippen LogP contribution >= 0.6 is 22.9 Å². The van der Waals surface area contributed by atoms with E-state index in [1.54, 1.807) is 12.1 Å². The number of phenolic OH excluding ortho intramolecular Hbond substituents is 1. The molecular weight excluding hydrogens is 362 g/mol. The molecule has 0 bridgehead atoms. The Morgan fingerprint density at radius 1 is 1.39 bits per heavy atom. The second-order valence-electron chi connectivity index (χ2n) is 4.57. The molecule has 1 aromatic carbocycles. The maximum Gasteiger partial charge on any atom is 0.324 e. The highest BCUT2D eigenvalue weighted by atomic mass is 35.5. The molecule has 2 aromatic rings. The van der Waals surface area contributed by atoms with Crippen molar-refractivity contribution in [2.45, 2.75) is 17.4 Å². The van der Waals surface area contributed by atoms with Crippen molar-refractivity contribution in [1.29, 1.82) is 0 Å². The second kappa shape index (κ2) is 7.31. The van der Waals surface area contributed by atoms with Gasteiger partial charge < -0.3 is 9.84 Å². The van der Waals surface area contributed by atoms with Gasteiger partial charge in [-0.25, -0.2) is 8.42 Å². The molecule has 0 saturated carbocycles. The van der Waals surface area contributed by atoms with Crippen LogP contribution in [0.25, 0.3) is 0 Å². The highest BCUT2D eigenvalue weighted by molar-refractivity contribution is 7.89. The number of methoxy groups -OCH3 is 1. The molecule has 2 N–H and O–H groups in total. The van der Waals surface area contributed by atoms with Crippen LogP contribution in [0.5, 0.6) is 5.75 Å². The van der Waals surface area contributed by atoms with Gasteiger partial charge in [-0.15, -0.1) is 11.3 Å². The van der Waals surface area contributed by atoms with Crippen molar-refractivity contribution in [2.75, 3.05) is 7.11 Å². The number of carbonyl (C=O) groups is 1. The Balaban J connectivity index is 2.30. The fourth-order valence-electron chi connectivity index (χ4n) is 1.91. The van der Waals surface area contributed by atoms with E-state index < -0.39 is 32.7 Å². The highest BCUT2D eigenvalue weighted by Gasteiger charge is 2.29. The Kier molecular flexibility index (Phi) is 5.64. The molecule has 0 fully saturated rings. The van der Waals surface area contributed by atoms with Crippen LogP contribution in [0.1, 0.15) is 4.88 Å². The number of carbonyl (C=O) groups excluding carboxylic acids is 1. The highest BCUT2D eigenvalue weighted by Crippen LogP contribution is 2.30. The summed E-state index contributed by atoms with van der Waals surface area (Å²) in [6.07, 6.45) is 0.144. The first-order valence-electron chi connectivity index (χ1n) is 6.45. The van der Waals surface area contributed by atoms with E-state index in [0.717, 1.165) is 4.88 Å². The minimum atomic E-state index is -4.15. The number of rotatable bonds is 6. The molecule has 0 aliphatic carbocycles. The number of halogens is 1. The largest absolute Gasteiger partial charge is 0.505 e. The summed E-state index contributed by atoms with van der Waals surface area (Å²) in [4.78, 5) is 12.3. The van der Waals surface area contributed by atoms with E-state index in [9.17, 15) is 18.3 Å². The summed E-state index contributed by atoms with van der Waals surface area (Å²) in [5.41, 5.74) is 0. The number of thiophene rings is 1. The van der Waals surface area contributed by atoms with Crippen molar-refractivity contribution < 1.29 is 23.1 Å². The zero-order valence-corrected chi connectivity index (χ0v) is 14.4. The number of phenols is 1. The lowest BCUT2D eigenvalue weighted by molar-refractivity contribution is -0.142. The normalized spacial score (nSPS) is 12.8. The van der Waals surface area contributed by atoms with Crippen molar-refractivity contribution in [2.24, 2.45) is 0 Å². The van der Waals surface area contributed by atoms with E-state index in [1.807, 2.05) is 5.38 Å². The molecule has 1 unspecified atom stereocenters. The molecule has 0 aliphatic heterocycles. The molecular formula is C14H14ClNO5S2. The Hall–Kier alpha value is -1.61. The molecule has 0 radical (unpaired) electrons. The number of sulfonamides is 1. The summed E-state index contributed by atoms with van der Waals surface area (Å²) in [6.45, 7) is 0. The average Bonchev–Trinajstić information content (AvgIpc) is 3.01. The van der Waals surface area contributed by atoms with Gasteiger partial charge in [0.1, 0.15) is 10.9 Å². The van der Waals surface area contributed by atoms with E-state index in [4.69, 9.17) is 11.6 Å². The van der Waals surface area contributed by atoms with Gasteiger partial charge in [-0.2, -0.15) is 4.72 Å². The quantitative estimate of drug-likeness (QED) is 0.755. The molecule has 0 spiro atoms. The Labute approximate surface area is 142 Å². The van der Waals surface area contributed by atoms with Crippen LogP contribution in [0.3, 0.4) is 0 Å². The first kappa shape index (κ1) is 17.7. The van der Waals surface area contributed by atoms with E-state index in [2.05, 4.69) is 9.46 Å². The third-order valence-corrected chi connectivity index (χ3v) is 5.71. The van der Waals surface area contributed by atoms with Crippen molar-refractivity contribution in [1.82, 2.24) is 4.72 Å². The molecule has 1 atom stereocenters. The third kappa shape index (κ3) is 4.23. The minimum absolute atomic E-state index is 0.0965. The number of hydrogen-bond donors (Lipinski definition) is 2. The van der Waals surface area contributed by atoms with Crippen molar-refractivity contribution in [3.8, 4) is 5.75 Å². The summed E-state index contributed by atoms with van der Waals surface area (Å²) in [5, 5.41) is 11.6.